The van der Waals surface area contributed by atoms with Gasteiger partial charge in [-0.05, 0) is 20.8 Å². The van der Waals surface area contributed by atoms with Crippen molar-refractivity contribution in [2.24, 2.45) is 0 Å². The van der Waals surface area contributed by atoms with Crippen LogP contribution in [-0.2, 0) is 4.74 Å². The Morgan fingerprint density at radius 2 is 2.17 bits per heavy atom. The number of ether oxygens (including phenoxy) is 1. The van der Waals surface area contributed by atoms with Crippen molar-refractivity contribution >= 4 is 17.1 Å². The van der Waals surface area contributed by atoms with E-state index in [2.05, 4.69) is 6.08 Å². The fourth-order valence-electron chi connectivity index (χ4n) is 0.866. The molecule has 1 aliphatic carbocycles. The summed E-state index contributed by atoms with van der Waals surface area (Å²) in [7, 11) is 0. The Bertz CT molecular complexity index is 243. The third-order valence-corrected chi connectivity index (χ3v) is 1.65. The number of rotatable bonds is 1. The average molecular weight is 181 g/mol. The SMILES string of the molecule is CC(C)(C)OC1=[C]C=CCC1=S. The van der Waals surface area contributed by atoms with E-state index < -0.39 is 0 Å². The lowest BCUT2D eigenvalue weighted by Crippen LogP contribution is -2.22. The molecule has 0 N–H and O–H groups in total. The van der Waals surface area contributed by atoms with Gasteiger partial charge in [-0.2, -0.15) is 0 Å². The molecule has 0 spiro atoms. The monoisotopic (exact) mass is 181 g/mol. The highest BCUT2D eigenvalue weighted by atomic mass is 32.1. The zero-order valence-electron chi connectivity index (χ0n) is 7.68. The molecule has 0 fully saturated rings. The second kappa shape index (κ2) is 3.40. The summed E-state index contributed by atoms with van der Waals surface area (Å²) >= 11 is 5.12. The molecule has 0 amide bonds. The molecule has 2 heteroatoms. The van der Waals surface area contributed by atoms with E-state index in [1.807, 2.05) is 32.9 Å². The Labute approximate surface area is 79.1 Å². The smallest absolute Gasteiger partial charge is 0.142 e. The zero-order valence-corrected chi connectivity index (χ0v) is 8.49. The molecule has 0 saturated heterocycles. The lowest BCUT2D eigenvalue weighted by Gasteiger charge is -2.24. The van der Waals surface area contributed by atoms with Crippen LogP contribution in [0.15, 0.2) is 17.9 Å². The summed E-state index contributed by atoms with van der Waals surface area (Å²) in [6.07, 6.45) is 7.64. The summed E-state index contributed by atoms with van der Waals surface area (Å²) in [6, 6.07) is 0. The third-order valence-electron chi connectivity index (χ3n) is 1.30. The molecule has 0 aromatic rings. The van der Waals surface area contributed by atoms with Crippen molar-refractivity contribution in [3.63, 3.8) is 0 Å². The minimum atomic E-state index is -0.183. The quantitative estimate of drug-likeness (QED) is 0.575. The van der Waals surface area contributed by atoms with E-state index in [4.69, 9.17) is 17.0 Å². The van der Waals surface area contributed by atoms with Gasteiger partial charge in [0.05, 0.1) is 4.86 Å². The molecule has 1 aliphatic rings. The molecule has 1 nitrogen and oxygen atoms in total. The third kappa shape index (κ3) is 2.78. The fraction of sp³-hybridized carbons (Fsp3) is 0.500. The molecule has 0 aromatic carbocycles. The van der Waals surface area contributed by atoms with E-state index in [0.717, 1.165) is 17.0 Å². The van der Waals surface area contributed by atoms with Crippen molar-refractivity contribution in [2.75, 3.05) is 0 Å². The molecular formula is C10H13OS. The predicted molar refractivity (Wildman–Crippen MR) is 53.9 cm³/mol. The maximum atomic E-state index is 5.60. The van der Waals surface area contributed by atoms with E-state index in [1.165, 1.54) is 0 Å². The zero-order chi connectivity index (χ0) is 9.19. The van der Waals surface area contributed by atoms with Crippen LogP contribution >= 0.6 is 12.2 Å². The first-order chi connectivity index (χ1) is 5.49. The first-order valence-electron chi connectivity index (χ1n) is 4.00. The van der Waals surface area contributed by atoms with Crippen molar-refractivity contribution in [3.05, 3.63) is 24.0 Å². The van der Waals surface area contributed by atoms with Gasteiger partial charge in [-0.15, -0.1) is 0 Å². The maximum absolute atomic E-state index is 5.60. The van der Waals surface area contributed by atoms with Crippen LogP contribution in [-0.4, -0.2) is 10.5 Å². The highest BCUT2D eigenvalue weighted by molar-refractivity contribution is 7.80. The van der Waals surface area contributed by atoms with Crippen molar-refractivity contribution in [1.29, 1.82) is 0 Å². The Balaban J connectivity index is 2.68. The number of allylic oxidation sites excluding steroid dienone is 4. The summed E-state index contributed by atoms with van der Waals surface area (Å²) in [4.78, 5) is 0.840. The van der Waals surface area contributed by atoms with Crippen LogP contribution in [0.25, 0.3) is 0 Å². The van der Waals surface area contributed by atoms with Gasteiger partial charge in [0, 0.05) is 12.5 Å². The molecule has 1 rings (SSSR count). The van der Waals surface area contributed by atoms with Crippen LogP contribution in [0.1, 0.15) is 27.2 Å². The lowest BCUT2D eigenvalue weighted by molar-refractivity contribution is 0.0635. The maximum Gasteiger partial charge on any atom is 0.142 e. The first kappa shape index (κ1) is 9.46. The first-order valence-corrected chi connectivity index (χ1v) is 4.40. The number of hydrogen-bond acceptors (Lipinski definition) is 2. The summed E-state index contributed by atoms with van der Waals surface area (Å²) in [5.74, 6) is 0.722. The van der Waals surface area contributed by atoms with Crippen molar-refractivity contribution in [3.8, 4) is 0 Å². The van der Waals surface area contributed by atoms with Gasteiger partial charge < -0.3 is 4.74 Å². The lowest BCUT2D eigenvalue weighted by atomic mass is 10.1. The second-order valence-corrected chi connectivity index (χ2v) is 4.21. The van der Waals surface area contributed by atoms with Crippen molar-refractivity contribution < 1.29 is 4.74 Å². The largest absolute Gasteiger partial charge is 0.486 e. The van der Waals surface area contributed by atoms with E-state index >= 15 is 0 Å². The van der Waals surface area contributed by atoms with Crippen LogP contribution in [0.5, 0.6) is 0 Å². The van der Waals surface area contributed by atoms with Gasteiger partial charge in [-0.1, -0.05) is 24.4 Å². The van der Waals surface area contributed by atoms with Crippen molar-refractivity contribution in [1.82, 2.24) is 0 Å². The minimum Gasteiger partial charge on any atom is -0.486 e. The highest BCUT2D eigenvalue weighted by Crippen LogP contribution is 2.18. The Kier molecular flexibility index (Phi) is 2.68. The van der Waals surface area contributed by atoms with E-state index in [0.29, 0.717) is 0 Å². The molecule has 0 atom stereocenters. The Hall–Kier alpha value is -0.630. The van der Waals surface area contributed by atoms with E-state index in [-0.39, 0.29) is 5.60 Å². The molecule has 0 saturated carbocycles. The molecular weight excluding hydrogens is 168 g/mol. The molecule has 0 aromatic heterocycles. The van der Waals surface area contributed by atoms with E-state index in [1.54, 1.807) is 0 Å². The van der Waals surface area contributed by atoms with Crippen molar-refractivity contribution in [2.45, 2.75) is 32.8 Å². The minimum absolute atomic E-state index is 0.183. The van der Waals surface area contributed by atoms with Gasteiger partial charge in [-0.25, -0.2) is 0 Å². The van der Waals surface area contributed by atoms with Gasteiger partial charge >= 0.3 is 0 Å². The van der Waals surface area contributed by atoms with Gasteiger partial charge in [-0.3, -0.25) is 0 Å². The molecule has 0 bridgehead atoms. The number of thiocarbonyl (C=S) groups is 1. The summed E-state index contributed by atoms with van der Waals surface area (Å²) in [6.45, 7) is 6.01. The number of hydrogen-bond donors (Lipinski definition) is 0. The Morgan fingerprint density at radius 3 is 2.67 bits per heavy atom. The molecule has 12 heavy (non-hydrogen) atoms. The molecule has 65 valence electrons. The van der Waals surface area contributed by atoms with Crippen LogP contribution in [0.3, 0.4) is 0 Å². The van der Waals surface area contributed by atoms with E-state index in [9.17, 15) is 0 Å². The normalized spacial score (nSPS) is 17.6. The molecule has 0 unspecified atom stereocenters. The van der Waals surface area contributed by atoms with Crippen LogP contribution < -0.4 is 0 Å². The Morgan fingerprint density at radius 1 is 1.50 bits per heavy atom. The molecule has 1 radical (unpaired) electrons. The molecule has 0 aliphatic heterocycles. The standard InChI is InChI=1S/C10H13OS/c1-10(2,3)11-8-6-4-5-7-9(8)12/h4-5H,7H2,1-3H3. The van der Waals surface area contributed by atoms with Crippen LogP contribution in [0, 0.1) is 6.08 Å². The predicted octanol–water partition coefficient (Wildman–Crippen LogP) is 2.82. The fourth-order valence-corrected chi connectivity index (χ4v) is 1.06. The summed E-state index contributed by atoms with van der Waals surface area (Å²) in [5.41, 5.74) is -0.183. The van der Waals surface area contributed by atoms with Gasteiger partial charge in [0.15, 0.2) is 0 Å². The second-order valence-electron chi connectivity index (χ2n) is 3.72. The van der Waals surface area contributed by atoms with Gasteiger partial charge in [0.1, 0.15) is 11.4 Å². The van der Waals surface area contributed by atoms with Crippen LogP contribution in [0.2, 0.25) is 0 Å². The topological polar surface area (TPSA) is 9.23 Å². The van der Waals surface area contributed by atoms with Crippen LogP contribution in [0.4, 0.5) is 0 Å². The van der Waals surface area contributed by atoms with Gasteiger partial charge in [0.25, 0.3) is 0 Å². The molecule has 0 heterocycles. The average Bonchev–Trinajstić information content (AvgIpc) is 1.91. The summed E-state index contributed by atoms with van der Waals surface area (Å²) in [5, 5.41) is 0. The highest BCUT2D eigenvalue weighted by Gasteiger charge is 2.16. The van der Waals surface area contributed by atoms with Gasteiger partial charge in [0.2, 0.25) is 0 Å². The summed E-state index contributed by atoms with van der Waals surface area (Å²) < 4.78 is 5.60.